The van der Waals surface area contributed by atoms with Gasteiger partial charge in [-0.05, 0) is 38.0 Å². The summed E-state index contributed by atoms with van der Waals surface area (Å²) in [5.41, 5.74) is 2.34. The SMILES string of the molecule is O=C(NOC1CCCCO1)C1(S(=O)(=O)N2CCC(CCCCCCC(F)(F)C(F)(F)F)CC2)CCOCC1. The first-order chi connectivity index (χ1) is 17.9. The number of piperidine rings is 1. The van der Waals surface area contributed by atoms with Crippen LogP contribution in [0.2, 0.25) is 0 Å². The van der Waals surface area contributed by atoms with Crippen LogP contribution in [0.4, 0.5) is 22.0 Å². The molecule has 0 radical (unpaired) electrons. The van der Waals surface area contributed by atoms with Gasteiger partial charge >= 0.3 is 12.1 Å². The molecule has 3 saturated heterocycles. The van der Waals surface area contributed by atoms with Gasteiger partial charge in [-0.2, -0.15) is 22.0 Å². The van der Waals surface area contributed by atoms with Crippen LogP contribution >= 0.6 is 0 Å². The van der Waals surface area contributed by atoms with Crippen molar-refractivity contribution in [2.45, 2.75) is 107 Å². The first kappa shape index (κ1) is 31.4. The van der Waals surface area contributed by atoms with Crippen LogP contribution in [0, 0.1) is 5.92 Å². The molecule has 222 valence electrons. The topological polar surface area (TPSA) is 94.2 Å². The Morgan fingerprint density at radius 1 is 0.947 bits per heavy atom. The van der Waals surface area contributed by atoms with E-state index in [1.54, 1.807) is 0 Å². The number of nitrogens with zero attached hydrogens (tertiary/aromatic N) is 1. The quantitative estimate of drug-likeness (QED) is 0.205. The molecule has 3 heterocycles. The summed E-state index contributed by atoms with van der Waals surface area (Å²) in [4.78, 5) is 18.6. The average Bonchev–Trinajstić information content (AvgIpc) is 2.89. The smallest absolute Gasteiger partial charge is 0.381 e. The predicted molar refractivity (Wildman–Crippen MR) is 128 cm³/mol. The summed E-state index contributed by atoms with van der Waals surface area (Å²) >= 11 is 0. The molecule has 8 nitrogen and oxygen atoms in total. The lowest BCUT2D eigenvalue weighted by atomic mass is 9.92. The van der Waals surface area contributed by atoms with Gasteiger partial charge in [-0.3, -0.25) is 4.79 Å². The minimum atomic E-state index is -5.51. The number of alkyl halides is 5. The fraction of sp³-hybridized carbons (Fsp3) is 0.958. The number of ether oxygens (including phenoxy) is 2. The Hall–Kier alpha value is -1.09. The summed E-state index contributed by atoms with van der Waals surface area (Å²) in [6, 6.07) is 0. The van der Waals surface area contributed by atoms with Gasteiger partial charge in [-0.1, -0.05) is 25.7 Å². The number of carbonyl (C=O) groups is 1. The molecule has 1 unspecified atom stereocenters. The van der Waals surface area contributed by atoms with Crippen LogP contribution in [0.5, 0.6) is 0 Å². The summed E-state index contributed by atoms with van der Waals surface area (Å²) in [6.07, 6.45) is -1.65. The second kappa shape index (κ2) is 13.5. The van der Waals surface area contributed by atoms with E-state index in [1.807, 2.05) is 0 Å². The highest BCUT2D eigenvalue weighted by Gasteiger charge is 2.56. The molecule has 14 heteroatoms. The van der Waals surface area contributed by atoms with Gasteiger partial charge in [-0.15, -0.1) is 0 Å². The number of rotatable bonds is 12. The highest BCUT2D eigenvalue weighted by atomic mass is 32.2. The van der Waals surface area contributed by atoms with Gasteiger partial charge in [0.05, 0.1) is 0 Å². The first-order valence-electron chi connectivity index (χ1n) is 13.5. The molecular weight excluding hydrogens is 539 g/mol. The lowest BCUT2D eigenvalue weighted by Gasteiger charge is -2.41. The monoisotopic (exact) mass is 578 g/mol. The number of unbranched alkanes of at least 4 members (excludes halogenated alkanes) is 3. The molecule has 3 fully saturated rings. The third kappa shape index (κ3) is 7.76. The Bertz CT molecular complexity index is 853. The van der Waals surface area contributed by atoms with Crippen LogP contribution in [0.25, 0.3) is 0 Å². The van der Waals surface area contributed by atoms with Crippen molar-refractivity contribution in [3.05, 3.63) is 0 Å². The van der Waals surface area contributed by atoms with E-state index in [2.05, 4.69) is 5.48 Å². The van der Waals surface area contributed by atoms with E-state index in [-0.39, 0.29) is 57.9 Å². The average molecular weight is 579 g/mol. The third-order valence-electron chi connectivity index (χ3n) is 7.81. The zero-order chi connectivity index (χ0) is 27.9. The zero-order valence-corrected chi connectivity index (χ0v) is 22.4. The fourth-order valence-corrected chi connectivity index (χ4v) is 7.42. The van der Waals surface area contributed by atoms with Crippen molar-refractivity contribution in [2.75, 3.05) is 32.9 Å². The van der Waals surface area contributed by atoms with Gasteiger partial charge < -0.3 is 9.47 Å². The number of hydrogen-bond acceptors (Lipinski definition) is 6. The van der Waals surface area contributed by atoms with Crippen molar-refractivity contribution in [2.24, 2.45) is 5.92 Å². The molecule has 1 amide bonds. The molecule has 3 aliphatic rings. The Morgan fingerprint density at radius 2 is 1.61 bits per heavy atom. The zero-order valence-electron chi connectivity index (χ0n) is 21.6. The Balaban J connectivity index is 1.45. The summed E-state index contributed by atoms with van der Waals surface area (Å²) in [5.74, 6) is -5.14. The van der Waals surface area contributed by atoms with Gasteiger partial charge in [0.1, 0.15) is 0 Å². The molecule has 0 bridgehead atoms. The van der Waals surface area contributed by atoms with Crippen LogP contribution in [0.1, 0.15) is 83.5 Å². The minimum absolute atomic E-state index is 0.0172. The Morgan fingerprint density at radius 3 is 2.21 bits per heavy atom. The van der Waals surface area contributed by atoms with Crippen molar-refractivity contribution >= 4 is 15.9 Å². The largest absolute Gasteiger partial charge is 0.453 e. The van der Waals surface area contributed by atoms with Crippen LogP contribution in [0.15, 0.2) is 0 Å². The van der Waals surface area contributed by atoms with Crippen molar-refractivity contribution in [1.29, 1.82) is 0 Å². The number of hydrogen-bond donors (Lipinski definition) is 1. The van der Waals surface area contributed by atoms with Gasteiger partial charge in [0.2, 0.25) is 10.0 Å². The van der Waals surface area contributed by atoms with Gasteiger partial charge in [0.15, 0.2) is 11.0 Å². The summed E-state index contributed by atoms with van der Waals surface area (Å²) in [7, 11) is -4.02. The number of halogens is 5. The van der Waals surface area contributed by atoms with Gasteiger partial charge in [0, 0.05) is 58.6 Å². The molecule has 0 aromatic heterocycles. The Labute approximate surface area is 220 Å². The number of nitrogens with one attached hydrogen (secondary N) is 1. The number of sulfonamides is 1. The molecule has 0 aliphatic carbocycles. The number of hydroxylamine groups is 1. The number of carbonyl (C=O) groups excluding carboxylic acids is 1. The molecule has 0 aromatic rings. The van der Waals surface area contributed by atoms with Crippen molar-refractivity contribution in [3.63, 3.8) is 0 Å². The standard InChI is InChI=1S/C24H39F5N2O6S/c25-23(26,24(27,28)29)11-5-2-1-3-7-19-9-14-31(15-10-19)38(33,34)22(12-17-35-18-13-22)21(32)30-37-20-8-4-6-16-36-20/h19-20H,1-18H2,(H,30,32). The second-order valence-corrected chi connectivity index (χ2v) is 12.7. The molecule has 0 saturated carbocycles. The molecule has 1 atom stereocenters. The second-order valence-electron chi connectivity index (χ2n) is 10.5. The molecule has 1 N–H and O–H groups in total. The molecule has 3 aliphatic heterocycles. The van der Waals surface area contributed by atoms with Gasteiger partial charge in [-0.25, -0.2) is 23.0 Å². The van der Waals surface area contributed by atoms with E-state index < -0.39 is 45.5 Å². The lowest BCUT2D eigenvalue weighted by molar-refractivity contribution is -0.284. The van der Waals surface area contributed by atoms with Crippen molar-refractivity contribution < 1.29 is 49.5 Å². The first-order valence-corrected chi connectivity index (χ1v) is 14.9. The van der Waals surface area contributed by atoms with Crippen LogP contribution in [-0.4, -0.2) is 74.7 Å². The lowest BCUT2D eigenvalue weighted by Crippen LogP contribution is -2.61. The maximum Gasteiger partial charge on any atom is 0.453 e. The third-order valence-corrected chi connectivity index (χ3v) is 10.4. The van der Waals surface area contributed by atoms with E-state index in [4.69, 9.17) is 14.3 Å². The predicted octanol–water partition coefficient (Wildman–Crippen LogP) is 4.69. The molecular formula is C24H39F5N2O6S. The highest BCUT2D eigenvalue weighted by molar-refractivity contribution is 7.91. The summed E-state index contributed by atoms with van der Waals surface area (Å²) in [6.45, 7) is 1.30. The minimum Gasteiger partial charge on any atom is -0.381 e. The van der Waals surface area contributed by atoms with Crippen LogP contribution in [0.3, 0.4) is 0 Å². The van der Waals surface area contributed by atoms with Crippen LogP contribution < -0.4 is 5.48 Å². The molecule has 0 aromatic carbocycles. The molecule has 38 heavy (non-hydrogen) atoms. The van der Waals surface area contributed by atoms with Crippen molar-refractivity contribution in [3.8, 4) is 0 Å². The fourth-order valence-electron chi connectivity index (χ4n) is 5.28. The van der Waals surface area contributed by atoms with E-state index in [9.17, 15) is 35.2 Å². The molecule has 3 rings (SSSR count). The maximum absolute atomic E-state index is 13.7. The molecule has 0 spiro atoms. The Kier molecular flexibility index (Phi) is 11.2. The van der Waals surface area contributed by atoms with Crippen molar-refractivity contribution in [1.82, 2.24) is 9.79 Å². The summed E-state index contributed by atoms with van der Waals surface area (Å²) < 4.78 is 101. The number of amides is 1. The normalized spacial score (nSPS) is 24.3. The van der Waals surface area contributed by atoms with E-state index in [1.165, 1.54) is 4.31 Å². The van der Waals surface area contributed by atoms with E-state index in [0.29, 0.717) is 38.7 Å². The van der Waals surface area contributed by atoms with E-state index in [0.717, 1.165) is 19.3 Å². The van der Waals surface area contributed by atoms with Gasteiger partial charge in [0.25, 0.3) is 5.91 Å². The maximum atomic E-state index is 13.7. The highest BCUT2D eigenvalue weighted by Crippen LogP contribution is 2.39. The van der Waals surface area contributed by atoms with E-state index >= 15 is 0 Å². The van der Waals surface area contributed by atoms with Crippen LogP contribution in [-0.2, 0) is 29.1 Å². The summed E-state index contributed by atoms with van der Waals surface area (Å²) in [5, 5.41) is 0.